The number of imidazole rings is 1. The summed E-state index contributed by atoms with van der Waals surface area (Å²) in [6, 6.07) is 4.02. The van der Waals surface area contributed by atoms with Crippen LogP contribution in [0.5, 0.6) is 0 Å². The lowest BCUT2D eigenvalue weighted by Crippen LogP contribution is -2.20. The fourth-order valence-electron chi connectivity index (χ4n) is 1.59. The quantitative estimate of drug-likeness (QED) is 0.872. The molecule has 0 N–H and O–H groups in total. The Kier molecular flexibility index (Phi) is 3.47. The van der Waals surface area contributed by atoms with Gasteiger partial charge in [0.05, 0.1) is 12.2 Å². The number of hydrogen-bond acceptors (Lipinski definition) is 3. The summed E-state index contributed by atoms with van der Waals surface area (Å²) in [6.45, 7) is 2.74. The van der Waals surface area contributed by atoms with Gasteiger partial charge in [-0.1, -0.05) is 0 Å². The van der Waals surface area contributed by atoms with E-state index < -0.39 is 0 Å². The Morgan fingerprint density at radius 1 is 1.41 bits per heavy atom. The Morgan fingerprint density at radius 3 is 2.76 bits per heavy atom. The predicted molar refractivity (Wildman–Crippen MR) is 72.0 cm³/mol. The molecule has 0 aliphatic heterocycles. The highest BCUT2D eigenvalue weighted by Crippen LogP contribution is 2.19. The van der Waals surface area contributed by atoms with Crippen LogP contribution < -0.4 is 4.90 Å². The van der Waals surface area contributed by atoms with Gasteiger partial charge in [-0.2, -0.15) is 0 Å². The highest BCUT2D eigenvalue weighted by molar-refractivity contribution is 9.10. The third-order valence-corrected chi connectivity index (χ3v) is 3.54. The van der Waals surface area contributed by atoms with Crippen LogP contribution in [0.25, 0.3) is 0 Å². The molecular weight excluding hydrogens is 280 g/mol. The molecule has 0 bridgehead atoms. The lowest BCUT2D eigenvalue weighted by molar-refractivity contribution is 0.754. The first-order valence-electron chi connectivity index (χ1n) is 5.38. The molecule has 2 aromatic rings. The van der Waals surface area contributed by atoms with Gasteiger partial charge in [-0.15, -0.1) is 0 Å². The second-order valence-corrected chi connectivity index (χ2v) is 4.90. The van der Waals surface area contributed by atoms with Gasteiger partial charge < -0.3 is 9.47 Å². The van der Waals surface area contributed by atoms with Crippen LogP contribution in [0, 0.1) is 6.92 Å². The Morgan fingerprint density at radius 2 is 2.18 bits per heavy atom. The first-order valence-corrected chi connectivity index (χ1v) is 6.17. The van der Waals surface area contributed by atoms with Crippen LogP contribution in [-0.4, -0.2) is 21.6 Å². The highest BCUT2D eigenvalue weighted by Gasteiger charge is 2.07. The van der Waals surface area contributed by atoms with E-state index in [4.69, 9.17) is 0 Å². The second-order valence-electron chi connectivity index (χ2n) is 4.05. The molecule has 0 saturated carbocycles. The van der Waals surface area contributed by atoms with Crippen molar-refractivity contribution in [2.24, 2.45) is 7.05 Å². The van der Waals surface area contributed by atoms with E-state index >= 15 is 0 Å². The summed E-state index contributed by atoms with van der Waals surface area (Å²) in [7, 11) is 4.01. The third-order valence-electron chi connectivity index (χ3n) is 2.70. The van der Waals surface area contributed by atoms with Gasteiger partial charge in [-0.3, -0.25) is 0 Å². The van der Waals surface area contributed by atoms with Gasteiger partial charge in [-0.25, -0.2) is 9.97 Å². The summed E-state index contributed by atoms with van der Waals surface area (Å²) >= 11 is 3.45. The number of halogens is 1. The third kappa shape index (κ3) is 2.66. The lowest BCUT2D eigenvalue weighted by atomic mass is 10.3. The zero-order valence-electron chi connectivity index (χ0n) is 10.2. The van der Waals surface area contributed by atoms with Crippen LogP contribution in [0.15, 0.2) is 29.0 Å². The fourth-order valence-corrected chi connectivity index (χ4v) is 1.81. The van der Waals surface area contributed by atoms with Crippen molar-refractivity contribution in [3.8, 4) is 0 Å². The van der Waals surface area contributed by atoms with E-state index in [2.05, 4.69) is 30.8 Å². The van der Waals surface area contributed by atoms with E-state index in [9.17, 15) is 0 Å². The number of rotatable bonds is 3. The van der Waals surface area contributed by atoms with E-state index in [1.165, 1.54) is 0 Å². The van der Waals surface area contributed by atoms with E-state index in [0.717, 1.165) is 28.4 Å². The normalized spacial score (nSPS) is 10.6. The van der Waals surface area contributed by atoms with Gasteiger partial charge in [0.2, 0.25) is 0 Å². The highest BCUT2D eigenvalue weighted by atomic mass is 79.9. The molecule has 0 aliphatic rings. The number of anilines is 1. The van der Waals surface area contributed by atoms with Crippen LogP contribution >= 0.6 is 15.9 Å². The molecule has 0 fully saturated rings. The Balaban J connectivity index is 2.17. The maximum absolute atomic E-state index is 4.52. The van der Waals surface area contributed by atoms with Crippen molar-refractivity contribution in [3.05, 3.63) is 40.5 Å². The molecule has 0 saturated heterocycles. The first kappa shape index (κ1) is 12.1. The maximum Gasteiger partial charge on any atom is 0.129 e. The van der Waals surface area contributed by atoms with Crippen molar-refractivity contribution >= 4 is 21.7 Å². The van der Waals surface area contributed by atoms with Crippen molar-refractivity contribution in [1.82, 2.24) is 14.5 Å². The molecule has 0 atom stereocenters. The average Bonchev–Trinajstić information content (AvgIpc) is 2.68. The standard InChI is InChI=1S/C12H15BrN4/c1-9-10(13)4-5-11(15-9)17(3)8-12-14-6-7-16(12)2/h4-7H,8H2,1-3H3. The summed E-state index contributed by atoms with van der Waals surface area (Å²) < 4.78 is 3.05. The van der Waals surface area contributed by atoms with E-state index in [1.807, 2.05) is 50.1 Å². The average molecular weight is 295 g/mol. The van der Waals surface area contributed by atoms with Crippen LogP contribution in [0.4, 0.5) is 5.82 Å². The van der Waals surface area contributed by atoms with E-state index in [-0.39, 0.29) is 0 Å². The minimum atomic E-state index is 0.748. The molecule has 17 heavy (non-hydrogen) atoms. The smallest absolute Gasteiger partial charge is 0.129 e. The Labute approximate surface area is 109 Å². The second kappa shape index (κ2) is 4.87. The van der Waals surface area contributed by atoms with E-state index in [1.54, 1.807) is 0 Å². The molecule has 90 valence electrons. The molecule has 0 unspecified atom stereocenters. The number of nitrogens with zero attached hydrogens (tertiary/aromatic N) is 4. The molecule has 2 heterocycles. The van der Waals surface area contributed by atoms with Crippen molar-refractivity contribution in [2.75, 3.05) is 11.9 Å². The molecule has 4 nitrogen and oxygen atoms in total. The fraction of sp³-hybridized carbons (Fsp3) is 0.333. The van der Waals surface area contributed by atoms with Gasteiger partial charge in [-0.05, 0) is 35.0 Å². The van der Waals surface area contributed by atoms with Crippen LogP contribution in [0.2, 0.25) is 0 Å². The molecule has 0 spiro atoms. The minimum Gasteiger partial charge on any atom is -0.352 e. The summed E-state index contributed by atoms with van der Waals surface area (Å²) in [5.41, 5.74) is 0.995. The maximum atomic E-state index is 4.52. The molecule has 5 heteroatoms. The van der Waals surface area contributed by atoms with Gasteiger partial charge in [0.1, 0.15) is 11.6 Å². The summed E-state index contributed by atoms with van der Waals surface area (Å²) in [5, 5.41) is 0. The first-order chi connectivity index (χ1) is 8.08. The number of hydrogen-bond donors (Lipinski definition) is 0. The molecule has 0 aliphatic carbocycles. The zero-order valence-corrected chi connectivity index (χ0v) is 11.8. The van der Waals surface area contributed by atoms with Crippen molar-refractivity contribution in [2.45, 2.75) is 13.5 Å². The topological polar surface area (TPSA) is 34.0 Å². The largest absolute Gasteiger partial charge is 0.352 e. The molecule has 0 aromatic carbocycles. The molecule has 0 amide bonds. The zero-order chi connectivity index (χ0) is 12.4. The molecule has 2 rings (SSSR count). The number of aryl methyl sites for hydroxylation is 2. The molecule has 0 radical (unpaired) electrons. The van der Waals surface area contributed by atoms with Crippen molar-refractivity contribution in [3.63, 3.8) is 0 Å². The summed E-state index contributed by atoms with van der Waals surface area (Å²) in [4.78, 5) is 10.9. The lowest BCUT2D eigenvalue weighted by Gasteiger charge is -2.18. The Hall–Kier alpha value is -1.36. The van der Waals surface area contributed by atoms with Crippen molar-refractivity contribution < 1.29 is 0 Å². The summed E-state index contributed by atoms with van der Waals surface area (Å²) in [5.74, 6) is 1.98. The minimum absolute atomic E-state index is 0.748. The van der Waals surface area contributed by atoms with Gasteiger partial charge in [0, 0.05) is 31.0 Å². The van der Waals surface area contributed by atoms with Crippen LogP contribution in [-0.2, 0) is 13.6 Å². The monoisotopic (exact) mass is 294 g/mol. The van der Waals surface area contributed by atoms with E-state index in [0.29, 0.717) is 0 Å². The van der Waals surface area contributed by atoms with Crippen molar-refractivity contribution in [1.29, 1.82) is 0 Å². The molecule has 2 aromatic heterocycles. The number of aromatic nitrogens is 3. The van der Waals surface area contributed by atoms with Gasteiger partial charge >= 0.3 is 0 Å². The number of pyridine rings is 1. The van der Waals surface area contributed by atoms with Crippen LogP contribution in [0.3, 0.4) is 0 Å². The van der Waals surface area contributed by atoms with Crippen LogP contribution in [0.1, 0.15) is 11.5 Å². The molecular formula is C12H15BrN4. The Bertz CT molecular complexity index is 521. The van der Waals surface area contributed by atoms with Gasteiger partial charge in [0.15, 0.2) is 0 Å². The predicted octanol–water partition coefficient (Wildman–Crippen LogP) is 2.52. The summed E-state index contributed by atoms with van der Waals surface area (Å²) in [6.07, 6.45) is 3.76. The van der Waals surface area contributed by atoms with Gasteiger partial charge in [0.25, 0.3) is 0 Å². The SMILES string of the molecule is Cc1nc(N(C)Cc2nccn2C)ccc1Br.